The zero-order valence-electron chi connectivity index (χ0n) is 11.7. The van der Waals surface area contributed by atoms with E-state index in [1.54, 1.807) is 38.1 Å². The number of carbonyl (C=O) groups excluding carboxylic acids is 2. The minimum Gasteiger partial charge on any atom is -0.461 e. The molecule has 1 amide bonds. The number of thiazole rings is 1. The van der Waals surface area contributed by atoms with Crippen LogP contribution in [0.4, 0.5) is 10.8 Å². The van der Waals surface area contributed by atoms with E-state index in [2.05, 4.69) is 10.3 Å². The third-order valence-electron chi connectivity index (χ3n) is 2.66. The summed E-state index contributed by atoms with van der Waals surface area (Å²) in [6.45, 7) is 3.85. The summed E-state index contributed by atoms with van der Waals surface area (Å²) in [5, 5.41) is 3.60. The van der Waals surface area contributed by atoms with Gasteiger partial charge < -0.3 is 15.8 Å². The highest BCUT2D eigenvalue weighted by Gasteiger charge is 2.16. The number of benzene rings is 1. The number of nitrogens with two attached hydrogens (primary N) is 1. The number of aromatic nitrogens is 1. The number of hydrogen-bond donors (Lipinski definition) is 2. The molecule has 110 valence electrons. The number of carbonyl (C=O) groups is 2. The van der Waals surface area contributed by atoms with Crippen molar-refractivity contribution in [3.8, 4) is 0 Å². The zero-order chi connectivity index (χ0) is 15.4. The molecule has 2 rings (SSSR count). The maximum Gasteiger partial charge on any atom is 0.358 e. The molecular weight excluding hydrogens is 290 g/mol. The third kappa shape index (κ3) is 3.57. The number of rotatable bonds is 5. The number of esters is 1. The Balaban J connectivity index is 2.20. The van der Waals surface area contributed by atoms with Crippen LogP contribution in [-0.4, -0.2) is 23.5 Å². The van der Waals surface area contributed by atoms with Crippen molar-refractivity contribution in [3.05, 3.63) is 40.4 Å². The van der Waals surface area contributed by atoms with E-state index in [0.29, 0.717) is 28.7 Å². The molecule has 0 aliphatic heterocycles. The highest BCUT2D eigenvalue weighted by Crippen LogP contribution is 2.26. The largest absolute Gasteiger partial charge is 0.461 e. The standard InChI is InChI=1S/C14H15N3O3S/c1-3-20-13(19)11-8(2)21-14(17-11)16-10-6-4-5-9(7-10)12(15)18/h4-7H,3H2,1-2H3,(H2,15,18)(H,16,17). The molecule has 0 unspecified atom stereocenters. The van der Waals surface area contributed by atoms with Crippen molar-refractivity contribution in [1.82, 2.24) is 4.98 Å². The maximum atomic E-state index is 11.7. The van der Waals surface area contributed by atoms with Gasteiger partial charge in [-0.25, -0.2) is 9.78 Å². The Kier molecular flexibility index (Phi) is 4.54. The number of nitrogens with one attached hydrogen (secondary N) is 1. The van der Waals surface area contributed by atoms with Crippen molar-refractivity contribution < 1.29 is 14.3 Å². The topological polar surface area (TPSA) is 94.3 Å². The summed E-state index contributed by atoms with van der Waals surface area (Å²) in [4.78, 5) is 27.8. The Hall–Kier alpha value is -2.41. The SMILES string of the molecule is CCOC(=O)c1nc(Nc2cccc(C(N)=O)c2)sc1C. The predicted molar refractivity (Wildman–Crippen MR) is 81.1 cm³/mol. The first-order chi connectivity index (χ1) is 10.0. The second kappa shape index (κ2) is 6.36. The molecule has 0 atom stereocenters. The number of amides is 1. The molecule has 0 saturated carbocycles. The van der Waals surface area contributed by atoms with Crippen LogP contribution in [0.5, 0.6) is 0 Å². The van der Waals surface area contributed by atoms with Gasteiger partial charge in [-0.05, 0) is 32.0 Å². The Morgan fingerprint density at radius 3 is 2.86 bits per heavy atom. The molecule has 0 saturated heterocycles. The van der Waals surface area contributed by atoms with Gasteiger partial charge in [-0.1, -0.05) is 6.07 Å². The quantitative estimate of drug-likeness (QED) is 0.828. The van der Waals surface area contributed by atoms with Crippen LogP contribution in [-0.2, 0) is 4.74 Å². The van der Waals surface area contributed by atoms with E-state index in [0.717, 1.165) is 4.88 Å². The summed E-state index contributed by atoms with van der Waals surface area (Å²) in [5.74, 6) is -0.939. The Bertz CT molecular complexity index is 682. The maximum absolute atomic E-state index is 11.7. The lowest BCUT2D eigenvalue weighted by Gasteiger charge is -2.03. The number of nitrogens with zero attached hydrogens (tertiary/aromatic N) is 1. The lowest BCUT2D eigenvalue weighted by atomic mass is 10.2. The van der Waals surface area contributed by atoms with Gasteiger partial charge in [0.2, 0.25) is 5.91 Å². The van der Waals surface area contributed by atoms with Crippen LogP contribution in [0, 0.1) is 6.92 Å². The minimum absolute atomic E-state index is 0.301. The Morgan fingerprint density at radius 2 is 2.19 bits per heavy atom. The van der Waals surface area contributed by atoms with Gasteiger partial charge >= 0.3 is 5.97 Å². The van der Waals surface area contributed by atoms with Crippen molar-refractivity contribution in [2.24, 2.45) is 5.73 Å². The van der Waals surface area contributed by atoms with Crippen molar-refractivity contribution in [1.29, 1.82) is 0 Å². The Labute approximate surface area is 125 Å². The summed E-state index contributed by atoms with van der Waals surface area (Å²) in [6.07, 6.45) is 0. The molecule has 21 heavy (non-hydrogen) atoms. The monoisotopic (exact) mass is 305 g/mol. The van der Waals surface area contributed by atoms with Gasteiger partial charge in [-0.15, -0.1) is 11.3 Å². The first-order valence-electron chi connectivity index (χ1n) is 6.32. The highest BCUT2D eigenvalue weighted by atomic mass is 32.1. The molecule has 0 radical (unpaired) electrons. The number of hydrogen-bond acceptors (Lipinski definition) is 6. The summed E-state index contributed by atoms with van der Waals surface area (Å²) >= 11 is 1.34. The van der Waals surface area contributed by atoms with Crippen molar-refractivity contribution >= 4 is 34.0 Å². The fraction of sp³-hybridized carbons (Fsp3) is 0.214. The van der Waals surface area contributed by atoms with Crippen LogP contribution in [0.3, 0.4) is 0 Å². The number of anilines is 2. The highest BCUT2D eigenvalue weighted by molar-refractivity contribution is 7.15. The fourth-order valence-electron chi connectivity index (χ4n) is 1.71. The molecule has 1 heterocycles. The molecule has 1 aromatic heterocycles. The van der Waals surface area contributed by atoms with Gasteiger partial charge in [-0.2, -0.15) is 0 Å². The number of aryl methyl sites for hydroxylation is 1. The molecule has 7 heteroatoms. The molecule has 3 N–H and O–H groups in total. The van der Waals surface area contributed by atoms with Crippen LogP contribution in [0.1, 0.15) is 32.6 Å². The lowest BCUT2D eigenvalue weighted by molar-refractivity contribution is 0.0519. The van der Waals surface area contributed by atoms with E-state index in [1.165, 1.54) is 11.3 Å². The Morgan fingerprint density at radius 1 is 1.43 bits per heavy atom. The smallest absolute Gasteiger partial charge is 0.358 e. The molecule has 1 aromatic carbocycles. The first-order valence-corrected chi connectivity index (χ1v) is 7.14. The van der Waals surface area contributed by atoms with Gasteiger partial charge in [0.15, 0.2) is 10.8 Å². The second-order valence-electron chi connectivity index (χ2n) is 4.21. The number of ether oxygens (including phenoxy) is 1. The van der Waals surface area contributed by atoms with Crippen LogP contribution in [0.25, 0.3) is 0 Å². The normalized spacial score (nSPS) is 10.2. The molecule has 0 fully saturated rings. The van der Waals surface area contributed by atoms with Crippen LogP contribution in [0.2, 0.25) is 0 Å². The minimum atomic E-state index is -0.499. The van der Waals surface area contributed by atoms with E-state index >= 15 is 0 Å². The third-order valence-corrected chi connectivity index (χ3v) is 3.55. The van der Waals surface area contributed by atoms with Gasteiger partial charge in [0.25, 0.3) is 0 Å². The van der Waals surface area contributed by atoms with Crippen LogP contribution >= 0.6 is 11.3 Å². The summed E-state index contributed by atoms with van der Waals surface area (Å²) in [5.41, 5.74) is 6.62. The van der Waals surface area contributed by atoms with E-state index in [-0.39, 0.29) is 0 Å². The van der Waals surface area contributed by atoms with Gasteiger partial charge in [0.1, 0.15) is 0 Å². The average Bonchev–Trinajstić information content (AvgIpc) is 2.80. The van der Waals surface area contributed by atoms with Gasteiger partial charge in [0.05, 0.1) is 6.61 Å². The van der Waals surface area contributed by atoms with Crippen molar-refractivity contribution in [2.45, 2.75) is 13.8 Å². The van der Waals surface area contributed by atoms with Gasteiger partial charge in [-0.3, -0.25) is 4.79 Å². The zero-order valence-corrected chi connectivity index (χ0v) is 12.5. The van der Waals surface area contributed by atoms with Crippen LogP contribution in [0.15, 0.2) is 24.3 Å². The van der Waals surface area contributed by atoms with E-state index in [1.807, 2.05) is 0 Å². The molecule has 0 bridgehead atoms. The fourth-order valence-corrected chi connectivity index (χ4v) is 2.53. The molecular formula is C14H15N3O3S. The molecule has 6 nitrogen and oxygen atoms in total. The predicted octanol–water partition coefficient (Wildman–Crippen LogP) is 2.47. The summed E-state index contributed by atoms with van der Waals surface area (Å²) in [6, 6.07) is 6.76. The summed E-state index contributed by atoms with van der Waals surface area (Å²) in [7, 11) is 0. The molecule has 0 aliphatic carbocycles. The molecule has 2 aromatic rings. The van der Waals surface area contributed by atoms with Gasteiger partial charge in [0, 0.05) is 16.1 Å². The van der Waals surface area contributed by atoms with Crippen molar-refractivity contribution in [3.63, 3.8) is 0 Å². The van der Waals surface area contributed by atoms with E-state index in [4.69, 9.17) is 10.5 Å². The van der Waals surface area contributed by atoms with E-state index in [9.17, 15) is 9.59 Å². The molecule has 0 aliphatic rings. The van der Waals surface area contributed by atoms with E-state index < -0.39 is 11.9 Å². The van der Waals surface area contributed by atoms with Crippen LogP contribution < -0.4 is 11.1 Å². The second-order valence-corrected chi connectivity index (χ2v) is 5.42. The summed E-state index contributed by atoms with van der Waals surface area (Å²) < 4.78 is 4.94. The number of primary amides is 1. The lowest BCUT2D eigenvalue weighted by Crippen LogP contribution is -2.10. The van der Waals surface area contributed by atoms with Crippen molar-refractivity contribution in [2.75, 3.05) is 11.9 Å². The average molecular weight is 305 g/mol. The first kappa shape index (κ1) is 15.0. The molecule has 0 spiro atoms.